The number of ether oxygens (including phenoxy) is 8. The van der Waals surface area contributed by atoms with Crippen molar-refractivity contribution in [3.8, 4) is 23.0 Å². The number of benzene rings is 2. The summed E-state index contributed by atoms with van der Waals surface area (Å²) in [6.45, 7) is 0.860. The third-order valence-electron chi connectivity index (χ3n) is 5.54. The first-order chi connectivity index (χ1) is 20.5. The van der Waals surface area contributed by atoms with Crippen LogP contribution in [0.2, 0.25) is 0 Å². The van der Waals surface area contributed by atoms with Crippen LogP contribution in [0.15, 0.2) is 48.5 Å². The maximum atomic E-state index is 11.9. The summed E-state index contributed by atoms with van der Waals surface area (Å²) in [4.78, 5) is 47.8. The quantitative estimate of drug-likeness (QED) is 0.329. The first-order valence-electron chi connectivity index (χ1n) is 13.8. The molecule has 0 saturated heterocycles. The van der Waals surface area contributed by atoms with Crippen molar-refractivity contribution in [3.63, 3.8) is 0 Å². The second-order valence-electron chi connectivity index (χ2n) is 8.93. The molecule has 1 aliphatic rings. The van der Waals surface area contributed by atoms with Gasteiger partial charge in [-0.25, -0.2) is 0 Å². The van der Waals surface area contributed by atoms with E-state index in [1.807, 2.05) is 0 Å². The molecule has 228 valence electrons. The fourth-order valence-electron chi connectivity index (χ4n) is 3.47. The molecule has 3 rings (SSSR count). The number of esters is 4. The van der Waals surface area contributed by atoms with Crippen LogP contribution in [-0.4, -0.2) is 76.7 Å². The summed E-state index contributed by atoms with van der Waals surface area (Å²) in [6.07, 6.45) is 0.885. The third-order valence-corrected chi connectivity index (χ3v) is 5.54. The normalized spacial score (nSPS) is 17.9. The molecule has 0 aromatic heterocycles. The molecule has 0 unspecified atom stereocenters. The number of rotatable bonds is 0. The van der Waals surface area contributed by atoms with Crippen LogP contribution in [0.1, 0.15) is 38.5 Å². The zero-order chi connectivity index (χ0) is 29.8. The van der Waals surface area contributed by atoms with E-state index in [4.69, 9.17) is 37.9 Å². The van der Waals surface area contributed by atoms with E-state index >= 15 is 0 Å². The standard InChI is InChI=1S/C30H36O12/c31-27-9-17-35-23-5-1-6-24(21-23)36-18-10-28(32)40-14-4-16-42-30(34)12-20-38-26-8-2-7-25(22-26)37-19-11-29(33)41-15-3-13-39-27/h1-2,5-8,21-22H,3-4,9-20H2. The summed E-state index contributed by atoms with van der Waals surface area (Å²) in [6, 6.07) is 13.6. The summed E-state index contributed by atoms with van der Waals surface area (Å²) in [5.41, 5.74) is 0. The van der Waals surface area contributed by atoms with Crippen LogP contribution in [0.5, 0.6) is 23.0 Å². The van der Waals surface area contributed by atoms with Gasteiger partial charge in [0.2, 0.25) is 0 Å². The molecule has 0 amide bonds. The van der Waals surface area contributed by atoms with Crippen LogP contribution >= 0.6 is 0 Å². The Balaban J connectivity index is 1.46. The predicted molar refractivity (Wildman–Crippen MR) is 146 cm³/mol. The maximum absolute atomic E-state index is 11.9. The van der Waals surface area contributed by atoms with Crippen LogP contribution in [0.3, 0.4) is 0 Å². The molecule has 2 aromatic rings. The van der Waals surface area contributed by atoms with Gasteiger partial charge in [0.15, 0.2) is 0 Å². The van der Waals surface area contributed by atoms with Gasteiger partial charge in [-0.05, 0) is 24.3 Å². The average Bonchev–Trinajstić information content (AvgIpc) is 2.97. The first-order valence-corrected chi connectivity index (χ1v) is 13.8. The van der Waals surface area contributed by atoms with E-state index in [1.54, 1.807) is 48.5 Å². The van der Waals surface area contributed by atoms with E-state index in [2.05, 4.69) is 0 Å². The molecule has 0 radical (unpaired) electrons. The summed E-state index contributed by atoms with van der Waals surface area (Å²) in [7, 11) is 0. The summed E-state index contributed by atoms with van der Waals surface area (Å²) in [5, 5.41) is 0. The Labute approximate surface area is 244 Å². The Kier molecular flexibility index (Phi) is 14.3. The zero-order valence-electron chi connectivity index (χ0n) is 23.4. The molecule has 0 fully saturated rings. The smallest absolute Gasteiger partial charge is 0.309 e. The van der Waals surface area contributed by atoms with Gasteiger partial charge in [0.05, 0.1) is 78.5 Å². The Bertz CT molecular complexity index is 981. The van der Waals surface area contributed by atoms with Gasteiger partial charge < -0.3 is 37.9 Å². The monoisotopic (exact) mass is 588 g/mol. The Morgan fingerprint density at radius 1 is 0.357 bits per heavy atom. The average molecular weight is 589 g/mol. The minimum atomic E-state index is -0.434. The lowest BCUT2D eigenvalue weighted by Crippen LogP contribution is -2.14. The fraction of sp³-hybridized carbons (Fsp3) is 0.467. The van der Waals surface area contributed by atoms with Gasteiger partial charge in [-0.2, -0.15) is 0 Å². The molecule has 1 aliphatic heterocycles. The number of carbonyl (C=O) groups excluding carboxylic acids is 4. The van der Waals surface area contributed by atoms with Gasteiger partial charge in [-0.1, -0.05) is 12.1 Å². The molecule has 12 nitrogen and oxygen atoms in total. The van der Waals surface area contributed by atoms with Crippen LogP contribution in [0.4, 0.5) is 0 Å². The highest BCUT2D eigenvalue weighted by molar-refractivity contribution is 5.70. The van der Waals surface area contributed by atoms with Crippen LogP contribution in [0, 0.1) is 0 Å². The van der Waals surface area contributed by atoms with Gasteiger partial charge in [-0.15, -0.1) is 0 Å². The minimum Gasteiger partial charge on any atom is -0.493 e. The SMILES string of the molecule is O=C1CCOc2cccc(c2)OCCC(=O)OCCCOC(=O)CCOc2cccc(c2)OCCC(=O)OCCCO1. The highest BCUT2D eigenvalue weighted by atomic mass is 16.6. The van der Waals surface area contributed by atoms with Gasteiger partial charge in [0, 0.05) is 25.0 Å². The topological polar surface area (TPSA) is 142 Å². The molecule has 42 heavy (non-hydrogen) atoms. The molecule has 0 saturated carbocycles. The van der Waals surface area contributed by atoms with E-state index in [0.717, 1.165) is 0 Å². The van der Waals surface area contributed by atoms with Crippen molar-refractivity contribution in [2.45, 2.75) is 38.5 Å². The van der Waals surface area contributed by atoms with E-state index in [0.29, 0.717) is 35.8 Å². The largest absolute Gasteiger partial charge is 0.493 e. The second kappa shape index (κ2) is 18.8. The van der Waals surface area contributed by atoms with Gasteiger partial charge in [0.25, 0.3) is 0 Å². The molecule has 4 bridgehead atoms. The fourth-order valence-corrected chi connectivity index (χ4v) is 3.47. The van der Waals surface area contributed by atoms with Gasteiger partial charge in [0.1, 0.15) is 23.0 Å². The van der Waals surface area contributed by atoms with E-state index < -0.39 is 23.9 Å². The Morgan fingerprint density at radius 3 is 0.881 bits per heavy atom. The first kappa shape index (κ1) is 32.0. The molecule has 2 aromatic carbocycles. The summed E-state index contributed by atoms with van der Waals surface area (Å²) < 4.78 is 42.9. The highest BCUT2D eigenvalue weighted by Crippen LogP contribution is 2.21. The van der Waals surface area contributed by atoms with Crippen molar-refractivity contribution < 1.29 is 57.1 Å². The van der Waals surface area contributed by atoms with Gasteiger partial charge in [-0.3, -0.25) is 19.2 Å². The number of cyclic esters (lactones) is 4. The van der Waals surface area contributed by atoms with Crippen LogP contribution < -0.4 is 18.9 Å². The Hall–Kier alpha value is -4.48. The molecule has 0 aliphatic carbocycles. The van der Waals surface area contributed by atoms with Crippen molar-refractivity contribution in [3.05, 3.63) is 48.5 Å². The van der Waals surface area contributed by atoms with Crippen molar-refractivity contribution >= 4 is 23.9 Å². The lowest BCUT2D eigenvalue weighted by molar-refractivity contribution is -0.148. The molecule has 12 heteroatoms. The maximum Gasteiger partial charge on any atom is 0.309 e. The number of hydrogen-bond acceptors (Lipinski definition) is 12. The van der Waals surface area contributed by atoms with E-state index in [-0.39, 0.29) is 78.5 Å². The molecule has 1 heterocycles. The minimum absolute atomic E-state index is 0.0412. The van der Waals surface area contributed by atoms with Crippen molar-refractivity contribution in [1.82, 2.24) is 0 Å². The van der Waals surface area contributed by atoms with E-state index in [9.17, 15) is 19.2 Å². The molecule has 0 atom stereocenters. The molecular formula is C30H36O12. The summed E-state index contributed by atoms with van der Waals surface area (Å²) in [5.74, 6) is 0.258. The van der Waals surface area contributed by atoms with E-state index in [1.165, 1.54) is 0 Å². The number of carbonyl (C=O) groups is 4. The molecule has 0 N–H and O–H groups in total. The third kappa shape index (κ3) is 13.7. The number of fused-ring (bicyclic) bond motifs is 4. The van der Waals surface area contributed by atoms with Crippen LogP contribution in [-0.2, 0) is 38.1 Å². The molecule has 0 spiro atoms. The lowest BCUT2D eigenvalue weighted by Gasteiger charge is -2.11. The number of hydrogen-bond donors (Lipinski definition) is 0. The van der Waals surface area contributed by atoms with Gasteiger partial charge >= 0.3 is 23.9 Å². The Morgan fingerprint density at radius 2 is 0.619 bits per heavy atom. The van der Waals surface area contributed by atoms with Crippen molar-refractivity contribution in [2.75, 3.05) is 52.9 Å². The van der Waals surface area contributed by atoms with Crippen molar-refractivity contribution in [1.29, 1.82) is 0 Å². The van der Waals surface area contributed by atoms with Crippen molar-refractivity contribution in [2.24, 2.45) is 0 Å². The molecular weight excluding hydrogens is 552 g/mol. The zero-order valence-corrected chi connectivity index (χ0v) is 23.4. The lowest BCUT2D eigenvalue weighted by atomic mass is 10.3. The van der Waals surface area contributed by atoms with Crippen LogP contribution in [0.25, 0.3) is 0 Å². The summed E-state index contributed by atoms with van der Waals surface area (Å²) >= 11 is 0. The highest BCUT2D eigenvalue weighted by Gasteiger charge is 2.09. The predicted octanol–water partition coefficient (Wildman–Crippen LogP) is 3.43. The second-order valence-corrected chi connectivity index (χ2v) is 8.93.